The van der Waals surface area contributed by atoms with Gasteiger partial charge in [0.15, 0.2) is 0 Å². The van der Waals surface area contributed by atoms with Crippen molar-refractivity contribution in [1.29, 1.82) is 10.7 Å². The molecule has 0 unspecified atom stereocenters. The Labute approximate surface area is 181 Å². The lowest BCUT2D eigenvalue weighted by atomic mass is 9.97. The molecule has 1 saturated heterocycles. The fourth-order valence-corrected chi connectivity index (χ4v) is 4.15. The molecule has 0 aromatic heterocycles. The van der Waals surface area contributed by atoms with Crippen molar-refractivity contribution in [3.63, 3.8) is 0 Å². The van der Waals surface area contributed by atoms with Gasteiger partial charge in [-0.25, -0.2) is 4.99 Å². The number of ether oxygens (including phenoxy) is 1. The summed E-state index contributed by atoms with van der Waals surface area (Å²) in [5, 5.41) is 22.8. The molecule has 8 nitrogen and oxygen atoms in total. The van der Waals surface area contributed by atoms with Crippen molar-refractivity contribution in [2.75, 3.05) is 23.3 Å². The highest BCUT2D eigenvalue weighted by Gasteiger charge is 2.32. The summed E-state index contributed by atoms with van der Waals surface area (Å²) in [5.41, 5.74) is 2.43. The van der Waals surface area contributed by atoms with Crippen LogP contribution in [0.4, 0.5) is 11.4 Å². The van der Waals surface area contributed by atoms with E-state index < -0.39 is 5.91 Å². The first-order valence-electron chi connectivity index (χ1n) is 10.4. The Balaban J connectivity index is 1.67. The van der Waals surface area contributed by atoms with Gasteiger partial charge in [0.1, 0.15) is 17.2 Å². The van der Waals surface area contributed by atoms with Gasteiger partial charge in [0.25, 0.3) is 5.91 Å². The average Bonchev–Trinajstić information content (AvgIpc) is 3.07. The van der Waals surface area contributed by atoms with E-state index in [0.717, 1.165) is 55.6 Å². The molecule has 0 saturated carbocycles. The van der Waals surface area contributed by atoms with Crippen LogP contribution in [0.25, 0.3) is 0 Å². The maximum Gasteiger partial charge on any atom is 0.261 e. The molecule has 1 amide bonds. The molecular formula is C23H26N6O2. The topological polar surface area (TPSA) is 114 Å². The molecule has 3 N–H and O–H groups in total. The number of carbonyl (C=O) groups is 1. The predicted molar refractivity (Wildman–Crippen MR) is 121 cm³/mol. The predicted octanol–water partition coefficient (Wildman–Crippen LogP) is 3.13. The molecule has 1 fully saturated rings. The molecule has 1 aromatic carbocycles. The number of hydrogen-bond donors (Lipinski definition) is 3. The normalized spacial score (nSPS) is 20.9. The van der Waals surface area contributed by atoms with Gasteiger partial charge in [-0.1, -0.05) is 0 Å². The second-order valence-corrected chi connectivity index (χ2v) is 8.55. The lowest BCUT2D eigenvalue weighted by Crippen LogP contribution is -2.34. The number of fused-ring (bicyclic) bond motifs is 1. The molecule has 3 heterocycles. The summed E-state index contributed by atoms with van der Waals surface area (Å²) in [7, 11) is 0. The molecule has 1 aromatic rings. The van der Waals surface area contributed by atoms with Crippen molar-refractivity contribution >= 4 is 29.7 Å². The van der Waals surface area contributed by atoms with Crippen LogP contribution < -0.4 is 20.3 Å². The smallest absolute Gasteiger partial charge is 0.261 e. The summed E-state index contributed by atoms with van der Waals surface area (Å²) in [4.78, 5) is 19.4. The van der Waals surface area contributed by atoms with Crippen LogP contribution in [0, 0.1) is 22.7 Å². The van der Waals surface area contributed by atoms with Crippen LogP contribution in [0.2, 0.25) is 0 Å². The number of benzene rings is 1. The summed E-state index contributed by atoms with van der Waals surface area (Å²) in [6, 6.07) is 6.32. The minimum Gasteiger partial charge on any atom is -0.487 e. The highest BCUT2D eigenvalue weighted by molar-refractivity contribution is 6.18. The maximum atomic E-state index is 13.1. The van der Waals surface area contributed by atoms with E-state index in [1.165, 1.54) is 0 Å². The number of rotatable bonds is 4. The Morgan fingerprint density at radius 2 is 2.19 bits per heavy atom. The Hall–Kier alpha value is -3.60. The van der Waals surface area contributed by atoms with E-state index in [-0.39, 0.29) is 17.1 Å². The Kier molecular flexibility index (Phi) is 5.51. The van der Waals surface area contributed by atoms with Crippen LogP contribution in [-0.4, -0.2) is 37.0 Å². The van der Waals surface area contributed by atoms with Gasteiger partial charge < -0.3 is 25.7 Å². The van der Waals surface area contributed by atoms with Gasteiger partial charge in [0.2, 0.25) is 0 Å². The van der Waals surface area contributed by atoms with Crippen LogP contribution in [-0.2, 0) is 11.2 Å². The highest BCUT2D eigenvalue weighted by atomic mass is 16.5. The zero-order valence-electron chi connectivity index (χ0n) is 17.7. The van der Waals surface area contributed by atoms with E-state index in [2.05, 4.69) is 26.6 Å². The molecule has 0 atom stereocenters. The Bertz CT molecular complexity index is 1040. The van der Waals surface area contributed by atoms with Crippen LogP contribution in [0.3, 0.4) is 0 Å². The molecule has 3 aliphatic heterocycles. The largest absolute Gasteiger partial charge is 0.487 e. The summed E-state index contributed by atoms with van der Waals surface area (Å²) >= 11 is 0. The first-order valence-corrected chi connectivity index (χ1v) is 10.4. The van der Waals surface area contributed by atoms with Crippen molar-refractivity contribution in [2.45, 2.75) is 38.7 Å². The first kappa shape index (κ1) is 20.7. The van der Waals surface area contributed by atoms with E-state index in [4.69, 9.17) is 10.1 Å². The van der Waals surface area contributed by atoms with Gasteiger partial charge >= 0.3 is 0 Å². The third kappa shape index (κ3) is 4.31. The number of anilines is 2. The van der Waals surface area contributed by atoms with Crippen LogP contribution in [0.15, 0.2) is 40.8 Å². The van der Waals surface area contributed by atoms with Gasteiger partial charge in [-0.3, -0.25) is 4.79 Å². The van der Waals surface area contributed by atoms with Crippen molar-refractivity contribution < 1.29 is 9.53 Å². The number of nitrogens with one attached hydrogen (secondary N) is 3. The van der Waals surface area contributed by atoms with Crippen molar-refractivity contribution in [1.82, 2.24) is 5.32 Å². The molecule has 0 aliphatic carbocycles. The molecule has 0 spiro atoms. The number of nitriles is 1. The van der Waals surface area contributed by atoms with Crippen LogP contribution >= 0.6 is 0 Å². The molecule has 3 aliphatic rings. The quantitative estimate of drug-likeness (QED) is 0.513. The highest BCUT2D eigenvalue weighted by Crippen LogP contribution is 2.42. The number of nitrogens with zero attached hydrogens (tertiary/aromatic N) is 3. The van der Waals surface area contributed by atoms with E-state index >= 15 is 0 Å². The number of amides is 1. The van der Waals surface area contributed by atoms with Crippen LogP contribution in [0.1, 0.15) is 32.3 Å². The summed E-state index contributed by atoms with van der Waals surface area (Å²) in [6.45, 7) is 5.55. The van der Waals surface area contributed by atoms with Crippen molar-refractivity contribution in [3.05, 3.63) is 41.4 Å². The third-order valence-corrected chi connectivity index (χ3v) is 5.70. The zero-order valence-corrected chi connectivity index (χ0v) is 17.7. The van der Waals surface area contributed by atoms with E-state index in [1.54, 1.807) is 18.5 Å². The second-order valence-electron chi connectivity index (χ2n) is 8.55. The van der Waals surface area contributed by atoms with E-state index in [1.807, 2.05) is 26.0 Å². The average molecular weight is 419 g/mol. The monoisotopic (exact) mass is 418 g/mol. The second kappa shape index (κ2) is 8.26. The molecule has 0 bridgehead atoms. The van der Waals surface area contributed by atoms with Crippen LogP contribution in [0.5, 0.6) is 5.75 Å². The van der Waals surface area contributed by atoms with Gasteiger partial charge in [-0.2, -0.15) is 5.26 Å². The maximum absolute atomic E-state index is 13.1. The van der Waals surface area contributed by atoms with Crippen molar-refractivity contribution in [3.8, 4) is 11.8 Å². The SMILES string of the molecule is CC1(C)Cc2cc(NC(=O)/C(C=N)=C3\N=CC=CN3)c(N3CCC(C#N)CC3)cc2O1. The molecule has 31 heavy (non-hydrogen) atoms. The lowest BCUT2D eigenvalue weighted by Gasteiger charge is -2.33. The van der Waals surface area contributed by atoms with E-state index in [9.17, 15) is 10.1 Å². The van der Waals surface area contributed by atoms with Gasteiger partial charge in [-0.15, -0.1) is 0 Å². The van der Waals surface area contributed by atoms with Gasteiger partial charge in [0.05, 0.1) is 23.0 Å². The molecule has 8 heteroatoms. The number of hydrogen-bond acceptors (Lipinski definition) is 7. The molecule has 0 radical (unpaired) electrons. The fourth-order valence-electron chi connectivity index (χ4n) is 4.15. The zero-order chi connectivity index (χ0) is 22.0. The Morgan fingerprint density at radius 3 is 2.84 bits per heavy atom. The third-order valence-electron chi connectivity index (χ3n) is 5.70. The Morgan fingerprint density at radius 1 is 1.42 bits per heavy atom. The first-order chi connectivity index (χ1) is 14.9. The van der Waals surface area contributed by atoms with Gasteiger partial charge in [-0.05, 0) is 38.8 Å². The standard InChI is InChI=1S/C23H26N6O2/c1-23(2)12-16-10-18(28-22(30)17(14-25)21-26-6-3-7-27-21)19(11-20(16)31-23)29-8-4-15(13-24)5-9-29/h3,6-7,10-11,14-15,25-26H,4-5,8-9,12H2,1-2H3,(H,28,30)/b21-17-,25-14?. The minimum absolute atomic E-state index is 0.0662. The number of carbonyl (C=O) groups excluding carboxylic acids is 1. The lowest BCUT2D eigenvalue weighted by molar-refractivity contribution is -0.112. The summed E-state index contributed by atoms with van der Waals surface area (Å²) < 4.78 is 6.12. The molecular weight excluding hydrogens is 392 g/mol. The minimum atomic E-state index is -0.406. The number of allylic oxidation sites excluding steroid dienone is 1. The number of aliphatic imine (C=N–C) groups is 1. The molecule has 4 rings (SSSR count). The van der Waals surface area contributed by atoms with E-state index in [0.29, 0.717) is 11.5 Å². The fraction of sp³-hybridized carbons (Fsp3) is 0.391. The summed E-state index contributed by atoms with van der Waals surface area (Å²) in [6.07, 6.45) is 8.28. The van der Waals surface area contributed by atoms with Crippen molar-refractivity contribution in [2.24, 2.45) is 10.9 Å². The number of piperidine rings is 1. The van der Waals surface area contributed by atoms with Gasteiger partial charge in [0, 0.05) is 55.7 Å². The molecule has 160 valence electrons. The summed E-state index contributed by atoms with van der Waals surface area (Å²) in [5.74, 6) is 0.819.